The highest BCUT2D eigenvalue weighted by molar-refractivity contribution is 7.99. The van der Waals surface area contributed by atoms with E-state index in [0.29, 0.717) is 24.3 Å². The lowest BCUT2D eigenvalue weighted by molar-refractivity contribution is -0.131. The normalized spacial score (nSPS) is 17.1. The maximum absolute atomic E-state index is 13.3. The molecule has 2 aliphatic heterocycles. The van der Waals surface area contributed by atoms with Gasteiger partial charge < -0.3 is 4.90 Å². The van der Waals surface area contributed by atoms with Gasteiger partial charge in [0.15, 0.2) is 0 Å². The highest BCUT2D eigenvalue weighted by Crippen LogP contribution is 2.39. The van der Waals surface area contributed by atoms with Gasteiger partial charge in [0.25, 0.3) is 5.91 Å². The average molecular weight is 397 g/mol. The Kier molecular flexibility index (Phi) is 5.64. The van der Waals surface area contributed by atoms with E-state index in [-0.39, 0.29) is 18.4 Å². The van der Waals surface area contributed by atoms with Gasteiger partial charge in [0.05, 0.1) is 11.3 Å². The number of amides is 2. The number of hydrogen-bond acceptors (Lipinski definition) is 5. The van der Waals surface area contributed by atoms with E-state index in [9.17, 15) is 9.59 Å². The first kappa shape index (κ1) is 19.0. The molecule has 0 N–H and O–H groups in total. The predicted octanol–water partition coefficient (Wildman–Crippen LogP) is 2.75. The quantitative estimate of drug-likeness (QED) is 0.795. The molecule has 2 aliphatic rings. The van der Waals surface area contributed by atoms with Crippen molar-refractivity contribution in [2.45, 2.75) is 23.3 Å². The number of aromatic nitrogens is 1. The molecule has 2 amide bonds. The summed E-state index contributed by atoms with van der Waals surface area (Å²) in [6.07, 6.45) is 2.84. The summed E-state index contributed by atoms with van der Waals surface area (Å²) in [6, 6.07) is 11.2. The van der Waals surface area contributed by atoms with Crippen molar-refractivity contribution in [3.8, 4) is 0 Å². The predicted molar refractivity (Wildman–Crippen MR) is 110 cm³/mol. The van der Waals surface area contributed by atoms with Crippen molar-refractivity contribution in [3.63, 3.8) is 0 Å². The molecule has 0 atom stereocenters. The molecule has 2 aromatic rings. The third kappa shape index (κ3) is 3.77. The van der Waals surface area contributed by atoms with Crippen molar-refractivity contribution < 1.29 is 9.59 Å². The molecule has 1 aromatic carbocycles. The minimum absolute atomic E-state index is 0.0105. The Morgan fingerprint density at radius 2 is 1.89 bits per heavy atom. The summed E-state index contributed by atoms with van der Waals surface area (Å²) in [5.74, 6) is -0.156. The zero-order valence-electron chi connectivity index (χ0n) is 16.0. The Balaban J connectivity index is 1.56. The minimum atomic E-state index is -0.146. The summed E-state index contributed by atoms with van der Waals surface area (Å²) in [5, 5.41) is 0.751. The Bertz CT molecular complexity index is 880. The highest BCUT2D eigenvalue weighted by atomic mass is 32.2. The third-order valence-corrected chi connectivity index (χ3v) is 6.25. The number of fused-ring (bicyclic) bond motifs is 2. The largest absolute Gasteiger partial charge is 0.339 e. The van der Waals surface area contributed by atoms with Gasteiger partial charge in [-0.3, -0.25) is 19.4 Å². The van der Waals surface area contributed by atoms with Gasteiger partial charge in [0.2, 0.25) is 5.91 Å². The second-order valence-corrected chi connectivity index (χ2v) is 8.07. The number of carbonyl (C=O) groups is 2. The van der Waals surface area contributed by atoms with Crippen LogP contribution in [0.5, 0.6) is 0 Å². The van der Waals surface area contributed by atoms with Crippen molar-refractivity contribution in [2.75, 3.05) is 44.2 Å². The number of hydrogen-bond donors (Lipinski definition) is 0. The van der Waals surface area contributed by atoms with E-state index in [1.165, 1.54) is 11.8 Å². The fourth-order valence-electron chi connectivity index (χ4n) is 3.69. The molecular weight excluding hydrogens is 372 g/mol. The van der Waals surface area contributed by atoms with Crippen LogP contribution in [-0.4, -0.2) is 65.9 Å². The van der Waals surface area contributed by atoms with Crippen LogP contribution in [0.25, 0.3) is 0 Å². The Morgan fingerprint density at radius 3 is 2.68 bits per heavy atom. The van der Waals surface area contributed by atoms with E-state index in [1.54, 1.807) is 11.1 Å². The van der Waals surface area contributed by atoms with E-state index in [1.807, 2.05) is 41.3 Å². The van der Waals surface area contributed by atoms with Gasteiger partial charge in [-0.05, 0) is 37.2 Å². The van der Waals surface area contributed by atoms with Gasteiger partial charge in [0, 0.05) is 37.3 Å². The number of pyridine rings is 1. The number of piperazine rings is 1. The van der Waals surface area contributed by atoms with Crippen LogP contribution in [0.3, 0.4) is 0 Å². The number of anilines is 1. The molecule has 6 nitrogen and oxygen atoms in total. The molecule has 0 spiro atoms. The molecule has 3 heterocycles. The van der Waals surface area contributed by atoms with Crippen molar-refractivity contribution >= 4 is 29.3 Å². The Labute approximate surface area is 169 Å². The molecule has 1 saturated heterocycles. The lowest BCUT2D eigenvalue weighted by Gasteiger charge is -2.35. The second kappa shape index (κ2) is 8.32. The first-order valence-corrected chi connectivity index (χ1v) is 10.5. The topological polar surface area (TPSA) is 56.8 Å². The van der Waals surface area contributed by atoms with Gasteiger partial charge in [-0.2, -0.15) is 0 Å². The molecular formula is C21H24N4O2S. The number of carbonyl (C=O) groups excluding carboxylic acids is 2. The van der Waals surface area contributed by atoms with Crippen LogP contribution in [0.1, 0.15) is 23.7 Å². The number of nitrogens with zero attached hydrogens (tertiary/aromatic N) is 4. The second-order valence-electron chi connectivity index (χ2n) is 7.04. The summed E-state index contributed by atoms with van der Waals surface area (Å²) in [4.78, 5) is 37.4. The van der Waals surface area contributed by atoms with Crippen molar-refractivity contribution in [1.82, 2.24) is 14.8 Å². The Morgan fingerprint density at radius 1 is 1.11 bits per heavy atom. The first-order chi connectivity index (χ1) is 13.7. The summed E-state index contributed by atoms with van der Waals surface area (Å²) in [5.41, 5.74) is 1.32. The number of benzene rings is 1. The van der Waals surface area contributed by atoms with Crippen molar-refractivity contribution in [2.24, 2.45) is 0 Å². The van der Waals surface area contributed by atoms with Crippen LogP contribution in [0, 0.1) is 0 Å². The maximum Gasteiger partial charge on any atom is 0.259 e. The zero-order valence-corrected chi connectivity index (χ0v) is 16.8. The monoisotopic (exact) mass is 396 g/mol. The SMILES string of the molecule is CCCN1CCN(C(=O)CN2C(=O)c3ccccc3Sc3ncccc32)CC1. The van der Waals surface area contributed by atoms with Gasteiger partial charge in [0.1, 0.15) is 11.6 Å². The molecule has 0 saturated carbocycles. The van der Waals surface area contributed by atoms with Crippen LogP contribution >= 0.6 is 11.8 Å². The smallest absolute Gasteiger partial charge is 0.259 e. The summed E-state index contributed by atoms with van der Waals surface area (Å²) >= 11 is 1.47. The van der Waals surface area contributed by atoms with Crippen LogP contribution in [0.15, 0.2) is 52.5 Å². The van der Waals surface area contributed by atoms with Gasteiger partial charge in [-0.1, -0.05) is 30.8 Å². The van der Waals surface area contributed by atoms with E-state index in [2.05, 4.69) is 16.8 Å². The molecule has 0 bridgehead atoms. The van der Waals surface area contributed by atoms with Gasteiger partial charge >= 0.3 is 0 Å². The third-order valence-electron chi connectivity index (χ3n) is 5.17. The maximum atomic E-state index is 13.3. The van der Waals surface area contributed by atoms with Gasteiger partial charge in [-0.15, -0.1) is 0 Å². The van der Waals surface area contributed by atoms with E-state index >= 15 is 0 Å². The van der Waals surface area contributed by atoms with E-state index in [0.717, 1.165) is 36.0 Å². The fraction of sp³-hybridized carbons (Fsp3) is 0.381. The molecule has 7 heteroatoms. The van der Waals surface area contributed by atoms with Crippen LogP contribution in [0.2, 0.25) is 0 Å². The van der Waals surface area contributed by atoms with Gasteiger partial charge in [-0.25, -0.2) is 4.98 Å². The average Bonchev–Trinajstić information content (AvgIpc) is 2.84. The van der Waals surface area contributed by atoms with Crippen molar-refractivity contribution in [3.05, 3.63) is 48.2 Å². The lowest BCUT2D eigenvalue weighted by atomic mass is 10.2. The first-order valence-electron chi connectivity index (χ1n) is 9.71. The van der Waals surface area contributed by atoms with E-state index in [4.69, 9.17) is 0 Å². The summed E-state index contributed by atoms with van der Waals surface area (Å²) in [6.45, 7) is 6.50. The molecule has 4 rings (SSSR count). The molecule has 1 aromatic heterocycles. The minimum Gasteiger partial charge on any atom is -0.339 e. The molecule has 0 unspecified atom stereocenters. The fourth-order valence-corrected chi connectivity index (χ4v) is 4.70. The standard InChI is InChI=1S/C21H24N4O2S/c1-2-10-23-11-13-24(14-12-23)19(26)15-25-17-7-5-9-22-20(17)28-18-8-4-3-6-16(18)21(25)27/h3-9H,2,10-15H2,1H3. The molecule has 1 fully saturated rings. The molecule has 146 valence electrons. The van der Waals surface area contributed by atoms with Crippen LogP contribution in [-0.2, 0) is 4.79 Å². The number of rotatable bonds is 4. The zero-order chi connectivity index (χ0) is 19.5. The molecule has 0 radical (unpaired) electrons. The van der Waals surface area contributed by atoms with Crippen molar-refractivity contribution in [1.29, 1.82) is 0 Å². The van der Waals surface area contributed by atoms with E-state index < -0.39 is 0 Å². The van der Waals surface area contributed by atoms with Crippen LogP contribution < -0.4 is 4.90 Å². The summed E-state index contributed by atoms with van der Waals surface area (Å²) < 4.78 is 0. The Hall–Kier alpha value is -2.38. The highest BCUT2D eigenvalue weighted by Gasteiger charge is 2.31. The molecule has 28 heavy (non-hydrogen) atoms. The lowest BCUT2D eigenvalue weighted by Crippen LogP contribution is -2.52. The summed E-state index contributed by atoms with van der Waals surface area (Å²) in [7, 11) is 0. The molecule has 0 aliphatic carbocycles. The van der Waals surface area contributed by atoms with Crippen LogP contribution in [0.4, 0.5) is 5.69 Å².